The summed E-state index contributed by atoms with van der Waals surface area (Å²) >= 11 is 5.94. The highest BCUT2D eigenvalue weighted by Gasteiger charge is 2.22. The molecule has 0 aliphatic heterocycles. The average molecular weight is 367 g/mol. The zero-order chi connectivity index (χ0) is 17.9. The number of nitrogens with one attached hydrogen (secondary N) is 1. The van der Waals surface area contributed by atoms with Gasteiger partial charge in [0.2, 0.25) is 0 Å². The molecule has 1 aromatic heterocycles. The first-order valence-electron chi connectivity index (χ1n) is 9.19. The second-order valence-electron chi connectivity index (χ2n) is 7.17. The number of hydrogen-bond donors (Lipinski definition) is 1. The molecule has 1 aliphatic carbocycles. The summed E-state index contributed by atoms with van der Waals surface area (Å²) in [5.74, 6) is 0.735. The summed E-state index contributed by atoms with van der Waals surface area (Å²) in [6.45, 7) is 3.01. The molecule has 0 spiro atoms. The summed E-state index contributed by atoms with van der Waals surface area (Å²) in [4.78, 5) is 0. The number of hydrogen-bond acceptors (Lipinski definition) is 3. The number of halogens is 1. The first kappa shape index (κ1) is 17.1. The molecule has 0 bridgehead atoms. The normalized spacial score (nSPS) is 19.6. The SMILES string of the molecule is CC1CCCC1Nc1cccc(-c2cn(Cc3ccc(Cl)cc3)nn2)c1. The first-order valence-corrected chi connectivity index (χ1v) is 9.57. The van der Waals surface area contributed by atoms with Crippen LogP contribution >= 0.6 is 11.6 Å². The van der Waals surface area contributed by atoms with Crippen molar-refractivity contribution >= 4 is 17.3 Å². The fourth-order valence-electron chi connectivity index (χ4n) is 3.63. The monoisotopic (exact) mass is 366 g/mol. The first-order chi connectivity index (χ1) is 12.7. The van der Waals surface area contributed by atoms with Gasteiger partial charge in [-0.15, -0.1) is 5.10 Å². The molecule has 4 nitrogen and oxygen atoms in total. The van der Waals surface area contributed by atoms with Gasteiger partial charge in [0, 0.05) is 22.3 Å². The van der Waals surface area contributed by atoms with Crippen molar-refractivity contribution < 1.29 is 0 Å². The molecule has 1 heterocycles. The third-order valence-corrected chi connectivity index (χ3v) is 5.42. The molecule has 4 rings (SSSR count). The van der Waals surface area contributed by atoms with Crippen molar-refractivity contribution in [3.05, 3.63) is 65.3 Å². The predicted molar refractivity (Wildman–Crippen MR) is 106 cm³/mol. The zero-order valence-electron chi connectivity index (χ0n) is 14.9. The highest BCUT2D eigenvalue weighted by molar-refractivity contribution is 6.30. The van der Waals surface area contributed by atoms with Gasteiger partial charge >= 0.3 is 0 Å². The summed E-state index contributed by atoms with van der Waals surface area (Å²) in [6.07, 6.45) is 5.88. The summed E-state index contributed by atoms with van der Waals surface area (Å²) < 4.78 is 1.86. The van der Waals surface area contributed by atoms with Crippen LogP contribution in [-0.2, 0) is 6.54 Å². The fourth-order valence-corrected chi connectivity index (χ4v) is 3.75. The molecule has 0 amide bonds. The fraction of sp³-hybridized carbons (Fsp3) is 0.333. The van der Waals surface area contributed by atoms with Gasteiger partial charge in [-0.1, -0.05) is 54.4 Å². The summed E-state index contributed by atoms with van der Waals surface area (Å²) in [7, 11) is 0. The number of aromatic nitrogens is 3. The lowest BCUT2D eigenvalue weighted by molar-refractivity contribution is 0.556. The number of benzene rings is 2. The van der Waals surface area contributed by atoms with E-state index in [2.05, 4.69) is 46.8 Å². The topological polar surface area (TPSA) is 42.7 Å². The van der Waals surface area contributed by atoms with E-state index in [0.29, 0.717) is 12.6 Å². The smallest absolute Gasteiger partial charge is 0.113 e. The van der Waals surface area contributed by atoms with Gasteiger partial charge in [-0.3, -0.25) is 0 Å². The second-order valence-corrected chi connectivity index (χ2v) is 7.60. The van der Waals surface area contributed by atoms with Crippen LogP contribution in [0.4, 0.5) is 5.69 Å². The molecule has 3 aromatic rings. The third-order valence-electron chi connectivity index (χ3n) is 5.17. The summed E-state index contributed by atoms with van der Waals surface area (Å²) in [5.41, 5.74) is 4.29. The maximum Gasteiger partial charge on any atom is 0.113 e. The maximum absolute atomic E-state index is 5.94. The van der Waals surface area contributed by atoms with Crippen LogP contribution in [0.15, 0.2) is 54.7 Å². The van der Waals surface area contributed by atoms with E-state index in [0.717, 1.165) is 33.4 Å². The van der Waals surface area contributed by atoms with Gasteiger partial charge in [0.1, 0.15) is 5.69 Å². The molecule has 1 saturated carbocycles. The average Bonchev–Trinajstić information content (AvgIpc) is 3.27. The number of anilines is 1. The Morgan fingerprint density at radius 1 is 1.15 bits per heavy atom. The van der Waals surface area contributed by atoms with E-state index in [4.69, 9.17) is 11.6 Å². The van der Waals surface area contributed by atoms with E-state index in [9.17, 15) is 0 Å². The maximum atomic E-state index is 5.94. The Bertz CT molecular complexity index is 872. The molecule has 26 heavy (non-hydrogen) atoms. The van der Waals surface area contributed by atoms with E-state index >= 15 is 0 Å². The van der Waals surface area contributed by atoms with E-state index < -0.39 is 0 Å². The Morgan fingerprint density at radius 3 is 2.77 bits per heavy atom. The van der Waals surface area contributed by atoms with Crippen LogP contribution in [0.3, 0.4) is 0 Å². The Balaban J connectivity index is 1.48. The van der Waals surface area contributed by atoms with Crippen LogP contribution in [-0.4, -0.2) is 21.0 Å². The Hall–Kier alpha value is -2.33. The minimum Gasteiger partial charge on any atom is -0.382 e. The van der Waals surface area contributed by atoms with Crippen LogP contribution in [0.1, 0.15) is 31.7 Å². The van der Waals surface area contributed by atoms with Crippen molar-refractivity contribution in [2.24, 2.45) is 5.92 Å². The van der Waals surface area contributed by atoms with Gasteiger partial charge in [0.05, 0.1) is 12.7 Å². The van der Waals surface area contributed by atoms with Crippen LogP contribution in [0.25, 0.3) is 11.3 Å². The number of nitrogens with zero attached hydrogens (tertiary/aromatic N) is 3. The van der Waals surface area contributed by atoms with Gasteiger partial charge in [-0.05, 0) is 48.6 Å². The standard InChI is InChI=1S/C21H23ClN4/c1-15-4-2-7-20(15)23-19-6-3-5-17(12-19)21-14-26(25-24-21)13-16-8-10-18(22)11-9-16/h3,5-6,8-12,14-15,20,23H,2,4,7,13H2,1H3. The lowest BCUT2D eigenvalue weighted by atomic mass is 10.1. The quantitative estimate of drug-likeness (QED) is 0.670. The van der Waals surface area contributed by atoms with Crippen molar-refractivity contribution in [2.45, 2.75) is 38.8 Å². The molecule has 2 aromatic carbocycles. The van der Waals surface area contributed by atoms with Gasteiger partial charge in [-0.2, -0.15) is 0 Å². The van der Waals surface area contributed by atoms with Crippen molar-refractivity contribution in [3.8, 4) is 11.3 Å². The second kappa shape index (κ2) is 7.50. The van der Waals surface area contributed by atoms with Gasteiger partial charge in [0.15, 0.2) is 0 Å². The van der Waals surface area contributed by atoms with Gasteiger partial charge < -0.3 is 5.32 Å². The van der Waals surface area contributed by atoms with E-state index in [1.54, 1.807) is 0 Å². The van der Waals surface area contributed by atoms with Gasteiger partial charge in [0.25, 0.3) is 0 Å². The highest BCUT2D eigenvalue weighted by atomic mass is 35.5. The van der Waals surface area contributed by atoms with Gasteiger partial charge in [-0.25, -0.2) is 4.68 Å². The van der Waals surface area contributed by atoms with E-state index in [-0.39, 0.29) is 0 Å². The zero-order valence-corrected chi connectivity index (χ0v) is 15.7. The molecular weight excluding hydrogens is 344 g/mol. The molecule has 1 fully saturated rings. The van der Waals surface area contributed by atoms with Crippen LogP contribution in [0.2, 0.25) is 5.02 Å². The lowest BCUT2D eigenvalue weighted by Gasteiger charge is -2.19. The van der Waals surface area contributed by atoms with Crippen LogP contribution in [0, 0.1) is 5.92 Å². The molecular formula is C21H23ClN4. The van der Waals surface area contributed by atoms with Crippen molar-refractivity contribution in [2.75, 3.05) is 5.32 Å². The van der Waals surface area contributed by atoms with Crippen LogP contribution in [0.5, 0.6) is 0 Å². The van der Waals surface area contributed by atoms with Crippen molar-refractivity contribution in [1.82, 2.24) is 15.0 Å². The largest absolute Gasteiger partial charge is 0.382 e. The predicted octanol–water partition coefficient (Wildman–Crippen LogP) is 5.25. The van der Waals surface area contributed by atoms with Crippen LogP contribution < -0.4 is 5.32 Å². The number of rotatable bonds is 5. The highest BCUT2D eigenvalue weighted by Crippen LogP contribution is 2.29. The molecule has 134 valence electrons. The van der Waals surface area contributed by atoms with Crippen molar-refractivity contribution in [1.29, 1.82) is 0 Å². The van der Waals surface area contributed by atoms with E-state index in [1.807, 2.05) is 35.1 Å². The van der Waals surface area contributed by atoms with Crippen molar-refractivity contribution in [3.63, 3.8) is 0 Å². The Kier molecular flexibility index (Phi) is 4.93. The summed E-state index contributed by atoms with van der Waals surface area (Å²) in [5, 5.41) is 13.0. The molecule has 0 saturated heterocycles. The Labute approximate surface area is 159 Å². The molecule has 1 N–H and O–H groups in total. The molecule has 1 aliphatic rings. The summed E-state index contributed by atoms with van der Waals surface area (Å²) in [6, 6.07) is 16.9. The molecule has 0 radical (unpaired) electrons. The molecule has 2 atom stereocenters. The lowest BCUT2D eigenvalue weighted by Crippen LogP contribution is -2.21. The third kappa shape index (κ3) is 3.91. The van der Waals surface area contributed by atoms with E-state index in [1.165, 1.54) is 19.3 Å². The minimum absolute atomic E-state index is 0.575. The minimum atomic E-state index is 0.575. The molecule has 2 unspecified atom stereocenters. The Morgan fingerprint density at radius 2 is 2.00 bits per heavy atom. The molecule has 5 heteroatoms.